The van der Waals surface area contributed by atoms with Gasteiger partial charge in [-0.25, -0.2) is 0 Å². The van der Waals surface area contributed by atoms with Crippen LogP contribution in [0, 0.1) is 0 Å². The van der Waals surface area contributed by atoms with E-state index in [-0.39, 0.29) is 24.1 Å². The maximum absolute atomic E-state index is 12.7. The zero-order valence-electron chi connectivity index (χ0n) is 24.3. The highest BCUT2D eigenvalue weighted by Crippen LogP contribution is 2.32. The average molecular weight is 572 g/mol. The van der Waals surface area contributed by atoms with Crippen LogP contribution in [-0.2, 0) is 30.3 Å². The number of carbonyl (C=O) groups excluding carboxylic acids is 3. The largest absolute Gasteiger partial charge is 0.469 e. The molecule has 0 bridgehead atoms. The number of methoxy groups -OCH3 is 2. The fraction of sp³-hybridized carbons (Fsp3) is 0.531. The molecule has 0 aliphatic heterocycles. The Morgan fingerprint density at radius 1 is 0.925 bits per heavy atom. The van der Waals surface area contributed by atoms with E-state index in [4.69, 9.17) is 4.74 Å². The van der Waals surface area contributed by atoms with Gasteiger partial charge in [0.15, 0.2) is 0 Å². The first-order valence-electron chi connectivity index (χ1n) is 14.3. The van der Waals surface area contributed by atoms with Crippen LogP contribution in [0.5, 0.6) is 0 Å². The Morgan fingerprint density at radius 3 is 2.25 bits per heavy atom. The van der Waals surface area contributed by atoms with E-state index in [2.05, 4.69) is 29.1 Å². The number of anilines is 1. The zero-order valence-corrected chi connectivity index (χ0v) is 25.1. The highest BCUT2D eigenvalue weighted by Gasteiger charge is 2.28. The van der Waals surface area contributed by atoms with Gasteiger partial charge in [0.05, 0.1) is 26.2 Å². The summed E-state index contributed by atoms with van der Waals surface area (Å²) >= 11 is 1.44. The molecule has 0 saturated carbocycles. The molecule has 7 nitrogen and oxygen atoms in total. The third kappa shape index (κ3) is 12.1. The molecule has 0 aliphatic carbocycles. The SMILES string of the molecule is CCCCCCCCCc1ccc(C(CC(O)C(C)Sc2cccc(NC(=O)CC(=O)OC)c2)C(=O)OC)cc1. The monoisotopic (exact) mass is 571 g/mol. The van der Waals surface area contributed by atoms with Crippen molar-refractivity contribution in [2.24, 2.45) is 0 Å². The number of nitrogens with one attached hydrogen (secondary N) is 1. The summed E-state index contributed by atoms with van der Waals surface area (Å²) in [4.78, 5) is 36.8. The van der Waals surface area contributed by atoms with Gasteiger partial charge in [0.1, 0.15) is 6.42 Å². The van der Waals surface area contributed by atoms with Crippen LogP contribution in [0.15, 0.2) is 53.4 Å². The van der Waals surface area contributed by atoms with Crippen LogP contribution in [0.1, 0.15) is 88.7 Å². The Kier molecular flexibility index (Phi) is 15.4. The van der Waals surface area contributed by atoms with E-state index in [1.165, 1.54) is 70.1 Å². The quantitative estimate of drug-likeness (QED) is 0.0892. The number of carbonyl (C=O) groups is 3. The molecule has 220 valence electrons. The maximum Gasteiger partial charge on any atom is 0.315 e. The molecule has 0 heterocycles. The van der Waals surface area contributed by atoms with Gasteiger partial charge < -0.3 is 19.9 Å². The summed E-state index contributed by atoms with van der Waals surface area (Å²) in [6, 6.07) is 15.3. The standard InChI is InChI=1S/C32H45NO6S/c1-5-6-7-8-9-10-11-13-24-16-18-25(19-17-24)28(32(37)39-4)21-29(34)23(2)40-27-15-12-14-26(20-27)33-30(35)22-31(36)38-3/h12,14-20,23,28-29,34H,5-11,13,21-22H2,1-4H3,(H,33,35). The molecule has 0 aliphatic rings. The Labute approximate surface area is 243 Å². The Hall–Kier alpha value is -2.84. The summed E-state index contributed by atoms with van der Waals surface area (Å²) in [7, 11) is 2.60. The van der Waals surface area contributed by atoms with Crippen LogP contribution in [0.4, 0.5) is 5.69 Å². The minimum absolute atomic E-state index is 0.230. The first kappa shape index (κ1) is 33.4. The van der Waals surface area contributed by atoms with Crippen molar-refractivity contribution in [3.05, 3.63) is 59.7 Å². The van der Waals surface area contributed by atoms with Gasteiger partial charge in [-0.1, -0.05) is 82.7 Å². The molecule has 8 heteroatoms. The molecule has 40 heavy (non-hydrogen) atoms. The number of hydrogen-bond acceptors (Lipinski definition) is 7. The second-order valence-electron chi connectivity index (χ2n) is 10.1. The number of rotatable bonds is 18. The first-order chi connectivity index (χ1) is 19.3. The van der Waals surface area contributed by atoms with Crippen molar-refractivity contribution in [1.29, 1.82) is 0 Å². The smallest absolute Gasteiger partial charge is 0.315 e. The lowest BCUT2D eigenvalue weighted by Crippen LogP contribution is -2.26. The third-order valence-electron chi connectivity index (χ3n) is 6.93. The molecule has 2 rings (SSSR count). The molecule has 2 aromatic carbocycles. The summed E-state index contributed by atoms with van der Waals surface area (Å²) in [5.74, 6) is -2.01. The van der Waals surface area contributed by atoms with Gasteiger partial charge in [-0.2, -0.15) is 0 Å². The van der Waals surface area contributed by atoms with Crippen LogP contribution in [0.25, 0.3) is 0 Å². The van der Waals surface area contributed by atoms with Crippen LogP contribution >= 0.6 is 11.8 Å². The van der Waals surface area contributed by atoms with Crippen LogP contribution in [-0.4, -0.2) is 48.5 Å². The predicted molar refractivity (Wildman–Crippen MR) is 161 cm³/mol. The molecule has 0 radical (unpaired) electrons. The van der Waals surface area contributed by atoms with Crippen LogP contribution in [0.2, 0.25) is 0 Å². The van der Waals surface area contributed by atoms with E-state index in [1.54, 1.807) is 18.2 Å². The molecule has 0 fully saturated rings. The number of aliphatic hydroxyl groups is 1. The van der Waals surface area contributed by atoms with Crippen molar-refractivity contribution < 1.29 is 29.0 Å². The molecule has 3 unspecified atom stereocenters. The second kappa shape index (κ2) is 18.5. The van der Waals surface area contributed by atoms with Crippen molar-refractivity contribution in [3.8, 4) is 0 Å². The number of unbranched alkanes of at least 4 members (excludes halogenated alkanes) is 6. The van der Waals surface area contributed by atoms with E-state index < -0.39 is 23.9 Å². The zero-order chi connectivity index (χ0) is 29.3. The number of aliphatic hydroxyl groups excluding tert-OH is 1. The molecule has 2 aromatic rings. The van der Waals surface area contributed by atoms with Crippen molar-refractivity contribution in [2.45, 2.75) is 100 Å². The normalized spacial score (nSPS) is 13.2. The van der Waals surface area contributed by atoms with Gasteiger partial charge in [0.25, 0.3) is 0 Å². The molecular formula is C32H45NO6S. The second-order valence-corrected chi connectivity index (χ2v) is 11.6. The Bertz CT molecular complexity index is 1060. The average Bonchev–Trinajstić information content (AvgIpc) is 2.95. The molecule has 0 saturated heterocycles. The molecule has 3 atom stereocenters. The number of esters is 2. The highest BCUT2D eigenvalue weighted by atomic mass is 32.2. The fourth-order valence-corrected chi connectivity index (χ4v) is 5.55. The van der Waals surface area contributed by atoms with Gasteiger partial charge in [-0.15, -0.1) is 11.8 Å². The Morgan fingerprint density at radius 2 is 1.60 bits per heavy atom. The number of ether oxygens (including phenoxy) is 2. The summed E-state index contributed by atoms with van der Waals surface area (Å²) in [5, 5.41) is 13.5. The lowest BCUT2D eigenvalue weighted by Gasteiger charge is -2.23. The molecule has 1 amide bonds. The van der Waals surface area contributed by atoms with Crippen molar-refractivity contribution in [2.75, 3.05) is 19.5 Å². The highest BCUT2D eigenvalue weighted by molar-refractivity contribution is 8.00. The molecular weight excluding hydrogens is 526 g/mol. The predicted octanol–water partition coefficient (Wildman–Crippen LogP) is 6.67. The lowest BCUT2D eigenvalue weighted by molar-refractivity contribution is -0.144. The van der Waals surface area contributed by atoms with Gasteiger partial charge in [-0.05, 0) is 48.6 Å². The van der Waals surface area contributed by atoms with E-state index >= 15 is 0 Å². The number of aryl methyl sites for hydroxylation is 1. The van der Waals surface area contributed by atoms with E-state index in [0.29, 0.717) is 5.69 Å². The van der Waals surface area contributed by atoms with Crippen LogP contribution < -0.4 is 5.32 Å². The number of thioether (sulfide) groups is 1. The number of hydrogen-bond donors (Lipinski definition) is 2. The molecule has 2 N–H and O–H groups in total. The van der Waals surface area contributed by atoms with Gasteiger partial charge >= 0.3 is 11.9 Å². The van der Waals surface area contributed by atoms with Gasteiger partial charge in [-0.3, -0.25) is 14.4 Å². The summed E-state index contributed by atoms with van der Waals surface area (Å²) < 4.78 is 9.60. The van der Waals surface area contributed by atoms with Crippen molar-refractivity contribution in [3.63, 3.8) is 0 Å². The number of benzene rings is 2. The fourth-order valence-electron chi connectivity index (χ4n) is 4.50. The summed E-state index contributed by atoms with van der Waals surface area (Å²) in [6.45, 7) is 4.13. The third-order valence-corrected chi connectivity index (χ3v) is 8.14. The van der Waals surface area contributed by atoms with E-state index in [1.807, 2.05) is 25.1 Å². The molecule has 0 spiro atoms. The van der Waals surface area contributed by atoms with Crippen LogP contribution in [0.3, 0.4) is 0 Å². The van der Waals surface area contributed by atoms with E-state index in [0.717, 1.165) is 23.3 Å². The summed E-state index contributed by atoms with van der Waals surface area (Å²) in [5.41, 5.74) is 2.63. The summed E-state index contributed by atoms with van der Waals surface area (Å²) in [6.07, 6.45) is 9.02. The van der Waals surface area contributed by atoms with Crippen molar-refractivity contribution >= 4 is 35.3 Å². The minimum Gasteiger partial charge on any atom is -0.469 e. The Balaban J connectivity index is 1.93. The van der Waals surface area contributed by atoms with Gasteiger partial charge in [0, 0.05) is 15.8 Å². The maximum atomic E-state index is 12.7. The first-order valence-corrected chi connectivity index (χ1v) is 15.1. The topological polar surface area (TPSA) is 102 Å². The minimum atomic E-state index is -0.779. The molecule has 0 aromatic heterocycles. The van der Waals surface area contributed by atoms with Gasteiger partial charge in [0.2, 0.25) is 5.91 Å². The number of amides is 1. The van der Waals surface area contributed by atoms with Crippen molar-refractivity contribution in [1.82, 2.24) is 0 Å². The lowest BCUT2D eigenvalue weighted by atomic mass is 9.91. The van der Waals surface area contributed by atoms with E-state index in [9.17, 15) is 19.5 Å².